The first-order valence-electron chi connectivity index (χ1n) is 6.58. The second kappa shape index (κ2) is 5.30. The molecular weight excluding hydrogens is 242 g/mol. The standard InChI is InChI=1S/C13H23N5O/c1-13(2,18(3)4)8-19-11-7-10(17-14)15-12(16-11)9-5-6-9/h7,9H,5-6,8,14H2,1-4H3,(H,15,16,17). The van der Waals surface area contributed by atoms with E-state index in [1.807, 2.05) is 14.1 Å². The molecule has 0 spiro atoms. The monoisotopic (exact) mass is 265 g/mol. The Morgan fingerprint density at radius 2 is 2.11 bits per heavy atom. The molecule has 0 unspecified atom stereocenters. The lowest BCUT2D eigenvalue weighted by atomic mass is 10.1. The average molecular weight is 265 g/mol. The number of nitrogen functional groups attached to an aromatic ring is 1. The van der Waals surface area contributed by atoms with Crippen LogP contribution in [-0.2, 0) is 0 Å². The number of hydrogen-bond donors (Lipinski definition) is 2. The van der Waals surface area contributed by atoms with Gasteiger partial charge in [-0.1, -0.05) is 0 Å². The van der Waals surface area contributed by atoms with Gasteiger partial charge >= 0.3 is 0 Å². The van der Waals surface area contributed by atoms with Crippen LogP contribution in [0.2, 0.25) is 0 Å². The van der Waals surface area contributed by atoms with E-state index in [0.717, 1.165) is 18.7 Å². The zero-order valence-corrected chi connectivity index (χ0v) is 12.1. The van der Waals surface area contributed by atoms with Crippen LogP contribution in [0.5, 0.6) is 5.88 Å². The molecule has 6 heteroatoms. The van der Waals surface area contributed by atoms with Crippen molar-refractivity contribution in [2.45, 2.75) is 38.1 Å². The van der Waals surface area contributed by atoms with Gasteiger partial charge in [0.25, 0.3) is 0 Å². The van der Waals surface area contributed by atoms with E-state index in [0.29, 0.717) is 24.2 Å². The zero-order valence-electron chi connectivity index (χ0n) is 12.1. The number of rotatable bonds is 6. The van der Waals surface area contributed by atoms with Gasteiger partial charge in [-0.3, -0.25) is 0 Å². The van der Waals surface area contributed by atoms with Crippen LogP contribution in [0, 0.1) is 0 Å². The second-order valence-electron chi connectivity index (χ2n) is 5.86. The first kappa shape index (κ1) is 14.0. The molecule has 0 saturated heterocycles. The van der Waals surface area contributed by atoms with Crippen LogP contribution in [0.3, 0.4) is 0 Å². The molecule has 0 bridgehead atoms. The SMILES string of the molecule is CN(C)C(C)(C)COc1cc(NN)nc(C2CC2)n1. The van der Waals surface area contributed by atoms with Crippen LogP contribution >= 0.6 is 0 Å². The fraction of sp³-hybridized carbons (Fsp3) is 0.692. The maximum atomic E-state index is 5.80. The number of ether oxygens (including phenoxy) is 1. The predicted octanol–water partition coefficient (Wildman–Crippen LogP) is 1.36. The molecule has 1 fully saturated rings. The van der Waals surface area contributed by atoms with Gasteiger partial charge in [-0.05, 0) is 40.8 Å². The summed E-state index contributed by atoms with van der Waals surface area (Å²) in [6.07, 6.45) is 2.30. The Bertz CT molecular complexity index is 443. The number of aromatic nitrogens is 2. The molecule has 1 aliphatic carbocycles. The molecule has 0 atom stereocenters. The predicted molar refractivity (Wildman–Crippen MR) is 75.1 cm³/mol. The molecule has 3 N–H and O–H groups in total. The molecular formula is C13H23N5O. The summed E-state index contributed by atoms with van der Waals surface area (Å²) in [5.74, 6) is 7.92. The van der Waals surface area contributed by atoms with Crippen LogP contribution in [0.1, 0.15) is 38.4 Å². The Hall–Kier alpha value is -1.40. The molecule has 1 aromatic rings. The number of anilines is 1. The average Bonchev–Trinajstić information content (AvgIpc) is 3.20. The van der Waals surface area contributed by atoms with Gasteiger partial charge < -0.3 is 15.1 Å². The smallest absolute Gasteiger partial charge is 0.218 e. The molecule has 1 aromatic heterocycles. The maximum absolute atomic E-state index is 5.80. The quantitative estimate of drug-likeness (QED) is 0.597. The lowest BCUT2D eigenvalue weighted by Crippen LogP contribution is -2.43. The molecule has 19 heavy (non-hydrogen) atoms. The van der Waals surface area contributed by atoms with Crippen LogP contribution in [-0.4, -0.2) is 41.1 Å². The third-order valence-corrected chi connectivity index (χ3v) is 3.59. The Morgan fingerprint density at radius 3 is 2.63 bits per heavy atom. The van der Waals surface area contributed by atoms with E-state index in [2.05, 4.69) is 34.1 Å². The van der Waals surface area contributed by atoms with Crippen molar-refractivity contribution in [3.05, 3.63) is 11.9 Å². The summed E-state index contributed by atoms with van der Waals surface area (Å²) in [6.45, 7) is 4.81. The molecule has 2 rings (SSSR count). The summed E-state index contributed by atoms with van der Waals surface area (Å²) in [5, 5.41) is 0. The van der Waals surface area contributed by atoms with E-state index < -0.39 is 0 Å². The molecule has 6 nitrogen and oxygen atoms in total. The Morgan fingerprint density at radius 1 is 1.42 bits per heavy atom. The van der Waals surface area contributed by atoms with E-state index in [4.69, 9.17) is 10.6 Å². The third kappa shape index (κ3) is 3.54. The molecule has 0 radical (unpaired) electrons. The first-order chi connectivity index (χ1) is 8.92. The molecule has 0 amide bonds. The fourth-order valence-corrected chi connectivity index (χ4v) is 1.49. The number of hydrogen-bond acceptors (Lipinski definition) is 6. The molecule has 1 heterocycles. The van der Waals surface area contributed by atoms with Gasteiger partial charge in [-0.15, -0.1) is 0 Å². The maximum Gasteiger partial charge on any atom is 0.218 e. The highest BCUT2D eigenvalue weighted by Gasteiger charge is 2.28. The van der Waals surface area contributed by atoms with Gasteiger partial charge in [0.05, 0.1) is 0 Å². The van der Waals surface area contributed by atoms with Crippen molar-refractivity contribution in [1.29, 1.82) is 0 Å². The minimum absolute atomic E-state index is 0.0546. The van der Waals surface area contributed by atoms with Crippen molar-refractivity contribution in [3.63, 3.8) is 0 Å². The van der Waals surface area contributed by atoms with E-state index in [-0.39, 0.29) is 5.54 Å². The lowest BCUT2D eigenvalue weighted by Gasteiger charge is -2.31. The van der Waals surface area contributed by atoms with E-state index >= 15 is 0 Å². The number of nitrogens with two attached hydrogens (primary N) is 1. The lowest BCUT2D eigenvalue weighted by molar-refractivity contribution is 0.111. The van der Waals surface area contributed by atoms with Crippen LogP contribution in [0.4, 0.5) is 5.82 Å². The number of likely N-dealkylation sites (N-methyl/N-ethyl adjacent to an activating group) is 1. The molecule has 0 aliphatic heterocycles. The minimum Gasteiger partial charge on any atom is -0.476 e. The fourth-order valence-electron chi connectivity index (χ4n) is 1.49. The van der Waals surface area contributed by atoms with Crippen molar-refractivity contribution in [3.8, 4) is 5.88 Å². The van der Waals surface area contributed by atoms with Gasteiger partial charge in [-0.2, -0.15) is 4.98 Å². The number of nitrogens with one attached hydrogen (secondary N) is 1. The molecule has 1 aliphatic rings. The van der Waals surface area contributed by atoms with Crippen molar-refractivity contribution in [1.82, 2.24) is 14.9 Å². The van der Waals surface area contributed by atoms with Crippen molar-refractivity contribution < 1.29 is 4.74 Å². The normalized spacial score (nSPS) is 15.7. The third-order valence-electron chi connectivity index (χ3n) is 3.59. The highest BCUT2D eigenvalue weighted by Crippen LogP contribution is 2.39. The van der Waals surface area contributed by atoms with Crippen LogP contribution in [0.25, 0.3) is 0 Å². The van der Waals surface area contributed by atoms with Gasteiger partial charge in [-0.25, -0.2) is 10.8 Å². The summed E-state index contributed by atoms with van der Waals surface area (Å²) in [7, 11) is 4.07. The van der Waals surface area contributed by atoms with E-state index in [1.54, 1.807) is 6.07 Å². The Balaban J connectivity index is 2.09. The molecule has 106 valence electrons. The van der Waals surface area contributed by atoms with Crippen molar-refractivity contribution in [2.24, 2.45) is 5.84 Å². The van der Waals surface area contributed by atoms with Crippen LogP contribution in [0.15, 0.2) is 6.07 Å². The summed E-state index contributed by atoms with van der Waals surface area (Å²) in [4.78, 5) is 10.9. The van der Waals surface area contributed by atoms with E-state index in [1.165, 1.54) is 0 Å². The van der Waals surface area contributed by atoms with Gasteiger partial charge in [0.2, 0.25) is 5.88 Å². The van der Waals surface area contributed by atoms with E-state index in [9.17, 15) is 0 Å². The summed E-state index contributed by atoms with van der Waals surface area (Å²) in [6, 6.07) is 1.73. The van der Waals surface area contributed by atoms with Gasteiger partial charge in [0.1, 0.15) is 18.2 Å². The van der Waals surface area contributed by atoms with Crippen LogP contribution < -0.4 is 16.0 Å². The number of nitrogens with zero attached hydrogens (tertiary/aromatic N) is 3. The second-order valence-corrected chi connectivity index (χ2v) is 5.86. The number of hydrazine groups is 1. The van der Waals surface area contributed by atoms with Crippen molar-refractivity contribution >= 4 is 5.82 Å². The van der Waals surface area contributed by atoms with Gasteiger partial charge in [0, 0.05) is 17.5 Å². The highest BCUT2D eigenvalue weighted by atomic mass is 16.5. The summed E-state index contributed by atoms with van der Waals surface area (Å²) >= 11 is 0. The largest absolute Gasteiger partial charge is 0.476 e. The summed E-state index contributed by atoms with van der Waals surface area (Å²) < 4.78 is 5.80. The molecule has 1 saturated carbocycles. The zero-order chi connectivity index (χ0) is 14.0. The molecule has 0 aromatic carbocycles. The minimum atomic E-state index is -0.0546. The summed E-state index contributed by atoms with van der Waals surface area (Å²) in [5.41, 5.74) is 2.51. The highest BCUT2D eigenvalue weighted by molar-refractivity contribution is 5.38. The van der Waals surface area contributed by atoms with Crippen molar-refractivity contribution in [2.75, 3.05) is 26.1 Å². The van der Waals surface area contributed by atoms with Gasteiger partial charge in [0.15, 0.2) is 0 Å². The Labute approximate surface area is 114 Å². The Kier molecular flexibility index (Phi) is 3.91. The topological polar surface area (TPSA) is 76.3 Å². The first-order valence-corrected chi connectivity index (χ1v) is 6.58.